The third-order valence-electron chi connectivity index (χ3n) is 14.1. The third kappa shape index (κ3) is 8.25. The summed E-state index contributed by atoms with van der Waals surface area (Å²) in [6.45, 7) is 0. The predicted molar refractivity (Wildman–Crippen MR) is 303 cm³/mol. The number of nitrogens with zero attached hydrogens (tertiary/aromatic N) is 4. The highest BCUT2D eigenvalue weighted by atomic mass is 15.0. The maximum absolute atomic E-state index is 5.38. The van der Waals surface area contributed by atoms with Crippen LogP contribution in [0.15, 0.2) is 273 Å². The van der Waals surface area contributed by atoms with Crippen LogP contribution in [0.4, 0.5) is 0 Å². The van der Waals surface area contributed by atoms with Crippen molar-refractivity contribution in [3.63, 3.8) is 0 Å². The van der Waals surface area contributed by atoms with Crippen LogP contribution < -0.4 is 0 Å². The van der Waals surface area contributed by atoms with Gasteiger partial charge in [-0.1, -0.05) is 237 Å². The molecule has 0 radical (unpaired) electrons. The molecule has 0 saturated heterocycles. The molecular formula is C69H48N4. The van der Waals surface area contributed by atoms with Crippen molar-refractivity contribution in [3.05, 3.63) is 279 Å². The van der Waals surface area contributed by atoms with E-state index in [1.807, 2.05) is 18.2 Å². The molecule has 2 heterocycles. The number of fused-ring (bicyclic) bond motifs is 3. The van der Waals surface area contributed by atoms with Gasteiger partial charge in [-0.05, 0) is 98.5 Å². The minimum atomic E-state index is 0.0171. The third-order valence-corrected chi connectivity index (χ3v) is 14.1. The van der Waals surface area contributed by atoms with Crippen LogP contribution in [0.1, 0.15) is 18.2 Å². The van der Waals surface area contributed by atoms with Gasteiger partial charge in [0.1, 0.15) is 5.82 Å². The van der Waals surface area contributed by atoms with E-state index in [0.717, 1.165) is 95.7 Å². The largest absolute Gasteiger partial charge is 0.308 e. The number of benzene rings is 10. The lowest BCUT2D eigenvalue weighted by molar-refractivity contribution is 0.764. The van der Waals surface area contributed by atoms with Crippen molar-refractivity contribution in [2.45, 2.75) is 12.3 Å². The van der Waals surface area contributed by atoms with Crippen molar-refractivity contribution in [2.75, 3.05) is 0 Å². The molecule has 0 bridgehead atoms. The molecule has 344 valence electrons. The van der Waals surface area contributed by atoms with Crippen molar-refractivity contribution < 1.29 is 0 Å². The van der Waals surface area contributed by atoms with Gasteiger partial charge in [-0.15, -0.1) is 0 Å². The molecule has 4 heteroatoms. The quantitative estimate of drug-likeness (QED) is 0.137. The minimum absolute atomic E-state index is 0.0171. The summed E-state index contributed by atoms with van der Waals surface area (Å²) in [5.41, 5.74) is 18.6. The molecular weight excluding hydrogens is 885 g/mol. The van der Waals surface area contributed by atoms with E-state index in [0.29, 0.717) is 11.6 Å². The van der Waals surface area contributed by atoms with Crippen LogP contribution in [0.25, 0.3) is 117 Å². The lowest BCUT2D eigenvalue weighted by Crippen LogP contribution is -2.08. The van der Waals surface area contributed by atoms with Crippen LogP contribution in [0.2, 0.25) is 0 Å². The summed E-state index contributed by atoms with van der Waals surface area (Å²) in [5.74, 6) is 2.05. The van der Waals surface area contributed by atoms with Crippen molar-refractivity contribution in [1.82, 2.24) is 19.5 Å². The topological polar surface area (TPSA) is 43.6 Å². The van der Waals surface area contributed by atoms with Gasteiger partial charge in [0, 0.05) is 38.9 Å². The molecule has 1 aliphatic rings. The summed E-state index contributed by atoms with van der Waals surface area (Å²) in [4.78, 5) is 15.9. The Labute approximate surface area is 425 Å². The molecule has 4 nitrogen and oxygen atoms in total. The number of aromatic nitrogens is 4. The fourth-order valence-electron chi connectivity index (χ4n) is 10.6. The van der Waals surface area contributed by atoms with Crippen LogP contribution in [0, 0.1) is 0 Å². The molecule has 13 rings (SSSR count). The normalized spacial score (nSPS) is 13.2. The smallest absolute Gasteiger partial charge is 0.163 e. The van der Waals surface area contributed by atoms with Gasteiger partial charge in [-0.3, -0.25) is 0 Å². The second-order valence-electron chi connectivity index (χ2n) is 18.6. The van der Waals surface area contributed by atoms with Crippen LogP contribution in [0.5, 0.6) is 0 Å². The van der Waals surface area contributed by atoms with Crippen molar-refractivity contribution in [2.24, 2.45) is 0 Å². The van der Waals surface area contributed by atoms with E-state index in [9.17, 15) is 0 Å². The molecule has 1 unspecified atom stereocenters. The zero-order valence-electron chi connectivity index (χ0n) is 40.1. The Balaban J connectivity index is 1.22. The molecule has 0 saturated carbocycles. The van der Waals surface area contributed by atoms with E-state index in [1.165, 1.54) is 21.9 Å². The lowest BCUT2D eigenvalue weighted by atomic mass is 9.90. The Hall–Kier alpha value is -9.51. The highest BCUT2D eigenvalue weighted by Crippen LogP contribution is 2.50. The van der Waals surface area contributed by atoms with E-state index in [2.05, 4.69) is 259 Å². The molecule has 2 aromatic heterocycles. The van der Waals surface area contributed by atoms with Crippen LogP contribution in [-0.4, -0.2) is 19.5 Å². The molecule has 10 aromatic carbocycles. The Morgan fingerprint density at radius 2 is 0.671 bits per heavy atom. The van der Waals surface area contributed by atoms with Gasteiger partial charge in [-0.2, -0.15) is 0 Å². The molecule has 0 spiro atoms. The number of rotatable bonds is 10. The molecule has 12 aromatic rings. The fraction of sp³-hybridized carbons (Fsp3) is 0.0290. The number of hydrogen-bond donors (Lipinski definition) is 0. The number of allylic oxidation sites excluding steroid dienone is 4. The van der Waals surface area contributed by atoms with Gasteiger partial charge in [0.05, 0.1) is 16.7 Å². The van der Waals surface area contributed by atoms with Crippen LogP contribution >= 0.6 is 0 Å². The summed E-state index contributed by atoms with van der Waals surface area (Å²) < 4.78 is 2.57. The van der Waals surface area contributed by atoms with Gasteiger partial charge in [0.25, 0.3) is 0 Å². The van der Waals surface area contributed by atoms with Gasteiger partial charge in [0.2, 0.25) is 0 Å². The maximum atomic E-state index is 5.38. The molecule has 0 amide bonds. The summed E-state index contributed by atoms with van der Waals surface area (Å²) in [6.07, 6.45) is 9.40. The minimum Gasteiger partial charge on any atom is -0.308 e. The molecule has 0 N–H and O–H groups in total. The van der Waals surface area contributed by atoms with E-state index < -0.39 is 0 Å². The summed E-state index contributed by atoms with van der Waals surface area (Å²) in [6, 6.07) is 89.6. The molecule has 73 heavy (non-hydrogen) atoms. The number of hydrogen-bond acceptors (Lipinski definition) is 3. The van der Waals surface area contributed by atoms with Crippen molar-refractivity contribution in [1.29, 1.82) is 0 Å². The highest BCUT2D eigenvalue weighted by molar-refractivity contribution is 6.23. The molecule has 1 aliphatic carbocycles. The van der Waals surface area contributed by atoms with Crippen LogP contribution in [-0.2, 0) is 0 Å². The Bertz CT molecular complexity index is 3800. The summed E-state index contributed by atoms with van der Waals surface area (Å²) in [5, 5.41) is 2.37. The van der Waals surface area contributed by atoms with Crippen molar-refractivity contribution in [3.8, 4) is 95.2 Å². The van der Waals surface area contributed by atoms with Crippen molar-refractivity contribution >= 4 is 21.8 Å². The van der Waals surface area contributed by atoms with Gasteiger partial charge >= 0.3 is 0 Å². The van der Waals surface area contributed by atoms with E-state index in [1.54, 1.807) is 0 Å². The highest BCUT2D eigenvalue weighted by Gasteiger charge is 2.27. The van der Waals surface area contributed by atoms with Gasteiger partial charge in [-0.25, -0.2) is 15.0 Å². The molecule has 0 fully saturated rings. The zero-order chi connectivity index (χ0) is 48.5. The predicted octanol–water partition coefficient (Wildman–Crippen LogP) is 17.9. The first-order valence-electron chi connectivity index (χ1n) is 25.0. The van der Waals surface area contributed by atoms with E-state index in [4.69, 9.17) is 15.0 Å². The van der Waals surface area contributed by atoms with E-state index >= 15 is 0 Å². The Kier molecular flexibility index (Phi) is 11.3. The van der Waals surface area contributed by atoms with Gasteiger partial charge < -0.3 is 4.57 Å². The Morgan fingerprint density at radius 1 is 0.315 bits per heavy atom. The standard InChI is InChI=1S/C69H48N4/c1-9-25-47(26-10-1)55-41-58(49-29-13-3-14-30-49)64-62(45-55)73(63-46-56(48-27-11-2-12-28-48)42-59(65(63)64)50-31-15-4-16-32-50)66-60(51-33-17-5-18-34-51)43-57(44-61(66)52-35-19-6-20-36-52)69-71-67(53-37-21-7-22-38-53)70-68(72-69)54-39-23-8-24-40-54/h1-39,41-46,54H,40H2. The van der Waals surface area contributed by atoms with Gasteiger partial charge in [0.15, 0.2) is 11.6 Å². The summed E-state index contributed by atoms with van der Waals surface area (Å²) in [7, 11) is 0. The second kappa shape index (κ2) is 19.0. The first-order chi connectivity index (χ1) is 36.2. The maximum Gasteiger partial charge on any atom is 0.163 e. The average Bonchev–Trinajstić information content (AvgIpc) is 3.82. The second-order valence-corrected chi connectivity index (χ2v) is 18.6. The first-order valence-corrected chi connectivity index (χ1v) is 25.0. The van der Waals surface area contributed by atoms with E-state index in [-0.39, 0.29) is 5.92 Å². The zero-order valence-corrected chi connectivity index (χ0v) is 40.1. The SMILES string of the molecule is C1=CCC(c2nc(-c3ccccc3)nc(-c3cc(-c4ccccc4)c(-n4c5cc(-c6ccccc6)cc(-c6ccccc6)c5c5c(-c6ccccc6)cc(-c6ccccc6)cc54)c(-c4ccccc4)c3)n2)C=C1. The summed E-state index contributed by atoms with van der Waals surface area (Å²) >= 11 is 0. The molecule has 1 atom stereocenters. The molecule has 0 aliphatic heterocycles. The average molecular weight is 933 g/mol. The first kappa shape index (κ1) is 43.5. The fourth-order valence-corrected chi connectivity index (χ4v) is 10.6. The van der Waals surface area contributed by atoms with Crippen LogP contribution in [0.3, 0.4) is 0 Å². The Morgan fingerprint density at radius 3 is 1.07 bits per heavy atom. The monoisotopic (exact) mass is 932 g/mol. The lowest BCUT2D eigenvalue weighted by Gasteiger charge is -2.22.